The lowest BCUT2D eigenvalue weighted by molar-refractivity contribution is -0.513. The molecule has 0 radical (unpaired) electrons. The molecule has 0 saturated heterocycles. The summed E-state index contributed by atoms with van der Waals surface area (Å²) in [5, 5.41) is 50.5. The summed E-state index contributed by atoms with van der Waals surface area (Å²) in [6, 6.07) is 0. The molecule has 128 valence electrons. The molecule has 0 bridgehead atoms. The van der Waals surface area contributed by atoms with Crippen LogP contribution in [0.4, 0.5) is 0 Å². The maximum absolute atomic E-state index is 8.81. The number of hydrogen-bond donors (Lipinski definition) is 8. The van der Waals surface area contributed by atoms with E-state index in [2.05, 4.69) is 45.0 Å². The number of hydrogen-bond acceptors (Lipinski definition) is 16. The van der Waals surface area contributed by atoms with E-state index in [9.17, 15) is 0 Å². The fourth-order valence-electron chi connectivity index (χ4n) is 1.03. The molecule has 0 aromatic carbocycles. The second-order valence-corrected chi connectivity index (χ2v) is 4.29. The first-order chi connectivity index (χ1) is 9.67. The molecule has 0 amide bonds. The molecule has 0 rings (SSSR count). The summed E-state index contributed by atoms with van der Waals surface area (Å²) in [6.07, 6.45) is 0. The van der Waals surface area contributed by atoms with Gasteiger partial charge in [-0.25, -0.2) is 9.68 Å². The minimum absolute atomic E-state index is 0.0253. The molecule has 0 atom stereocenters. The van der Waals surface area contributed by atoms with Gasteiger partial charge < -0.3 is 0 Å². The third-order valence-electron chi connectivity index (χ3n) is 1.94. The first-order valence-electron chi connectivity index (χ1n) is 4.90. The molecule has 0 fully saturated rings. The summed E-state index contributed by atoms with van der Waals surface area (Å²) in [7, 11) is 0. The van der Waals surface area contributed by atoms with Gasteiger partial charge in [-0.3, -0.25) is 40.9 Å². The summed E-state index contributed by atoms with van der Waals surface area (Å²) in [5.74, 6) is 0. The summed E-state index contributed by atoms with van der Waals surface area (Å²) in [5.41, 5.74) is -1.49. The summed E-state index contributed by atoms with van der Waals surface area (Å²) in [6.45, 7) is -2.15. The minimum Gasteiger partial charge on any atom is -0.280 e. The van der Waals surface area contributed by atoms with E-state index in [1.165, 1.54) is 0 Å². The Balaban J connectivity index is 4.85. The molecule has 0 spiro atoms. The van der Waals surface area contributed by atoms with Gasteiger partial charge in [0.2, 0.25) is 0 Å². The zero-order chi connectivity index (χ0) is 16.5. The Morgan fingerprint density at radius 1 is 0.619 bits per heavy atom. The molecule has 0 aromatic heterocycles. The van der Waals surface area contributed by atoms with E-state index in [0.717, 1.165) is 0 Å². The summed E-state index contributed by atoms with van der Waals surface area (Å²) >= 11 is 6.77. The van der Waals surface area contributed by atoms with Crippen LogP contribution < -0.4 is 0 Å². The van der Waals surface area contributed by atoms with E-state index in [4.69, 9.17) is 31.2 Å². The Hall–Kier alpha value is 0.140. The van der Waals surface area contributed by atoms with E-state index in [0.29, 0.717) is 0 Å². The van der Waals surface area contributed by atoms with Crippen LogP contribution in [0.5, 0.6) is 0 Å². The molecule has 21 heavy (non-hydrogen) atoms. The van der Waals surface area contributed by atoms with Gasteiger partial charge in [-0.05, 0) is 34.9 Å². The minimum atomic E-state index is -1.49. The van der Waals surface area contributed by atoms with Gasteiger partial charge in [0.05, 0.1) is 42.6 Å². The van der Waals surface area contributed by atoms with Crippen LogP contribution in [-0.4, -0.2) is 77.7 Å². The molecule has 6 N–H and O–H groups in total. The topological polar surface area (TPSA) is 171 Å². The maximum atomic E-state index is 8.81. The number of nitrogens with zero attached hydrogens (tertiary/aromatic N) is 4. The van der Waals surface area contributed by atoms with E-state index in [-0.39, 0.29) is 9.26 Å². The Kier molecular flexibility index (Phi) is 10.9. The molecular formula is C5H16N4O10S2. The predicted molar refractivity (Wildman–Crippen MR) is 62.3 cm³/mol. The van der Waals surface area contributed by atoms with E-state index in [1.807, 2.05) is 0 Å². The monoisotopic (exact) mass is 356 g/mol. The lowest BCUT2D eigenvalue weighted by atomic mass is 9.92. The lowest BCUT2D eigenvalue weighted by Crippen LogP contribution is -2.45. The average Bonchev–Trinajstić information content (AvgIpc) is 2.36. The predicted octanol–water partition coefficient (Wildman–Crippen LogP) is -1.07. The largest absolute Gasteiger partial charge is 0.280 e. The van der Waals surface area contributed by atoms with Crippen molar-refractivity contribution in [2.75, 3.05) is 26.4 Å². The van der Waals surface area contributed by atoms with Crippen molar-refractivity contribution in [3.8, 4) is 0 Å². The van der Waals surface area contributed by atoms with Gasteiger partial charge in [0, 0.05) is 0 Å². The number of thiol groups is 2. The maximum Gasteiger partial charge on any atom is 0.0861 e. The Bertz CT molecular complexity index is 218. The third kappa shape index (κ3) is 11.4. The summed E-state index contributed by atoms with van der Waals surface area (Å²) < 4.78 is 0.0506. The van der Waals surface area contributed by atoms with Crippen LogP contribution in [0.3, 0.4) is 0 Å². The Morgan fingerprint density at radius 3 is 1.14 bits per heavy atom. The van der Waals surface area contributed by atoms with Crippen molar-refractivity contribution in [2.45, 2.75) is 0 Å². The molecule has 0 aliphatic heterocycles. The molecule has 16 heteroatoms. The zero-order valence-corrected chi connectivity index (χ0v) is 12.1. The van der Waals surface area contributed by atoms with Crippen LogP contribution in [0.1, 0.15) is 0 Å². The quantitative estimate of drug-likeness (QED) is 0.157. The normalized spacial score (nSPS) is 13.1. The number of rotatable bonds is 12. The van der Waals surface area contributed by atoms with Crippen LogP contribution >= 0.6 is 25.6 Å². The first kappa shape index (κ1) is 21.1. The third-order valence-corrected chi connectivity index (χ3v) is 2.18. The van der Waals surface area contributed by atoms with Crippen molar-refractivity contribution < 1.29 is 50.6 Å². The fourth-order valence-corrected chi connectivity index (χ4v) is 1.14. The van der Waals surface area contributed by atoms with E-state index >= 15 is 0 Å². The van der Waals surface area contributed by atoms with Crippen molar-refractivity contribution in [2.24, 2.45) is 5.41 Å². The van der Waals surface area contributed by atoms with Gasteiger partial charge in [-0.1, -0.05) is 0 Å². The van der Waals surface area contributed by atoms with Gasteiger partial charge in [-0.15, -0.1) is 0 Å². The molecule has 0 heterocycles. The van der Waals surface area contributed by atoms with Crippen LogP contribution in [0.25, 0.3) is 0 Å². The fraction of sp³-hybridized carbons (Fsp3) is 1.00. The second-order valence-electron chi connectivity index (χ2n) is 3.60. The van der Waals surface area contributed by atoms with Crippen molar-refractivity contribution >= 4 is 25.6 Å². The highest BCUT2D eigenvalue weighted by molar-refractivity contribution is 7.77. The van der Waals surface area contributed by atoms with Crippen LogP contribution in [0.2, 0.25) is 0 Å². The first-order valence-corrected chi connectivity index (χ1v) is 5.70. The average molecular weight is 356 g/mol. The highest BCUT2D eigenvalue weighted by Crippen LogP contribution is 2.22. The second kappa shape index (κ2) is 10.8. The Morgan fingerprint density at radius 2 is 0.905 bits per heavy atom. The van der Waals surface area contributed by atoms with E-state index < -0.39 is 42.6 Å². The molecule has 0 aliphatic rings. The van der Waals surface area contributed by atoms with Crippen molar-refractivity contribution in [3.63, 3.8) is 0 Å². The van der Waals surface area contributed by atoms with Crippen molar-refractivity contribution in [1.29, 1.82) is 0 Å². The standard InChI is InChI=1S/C5H16N4O10S2/c10-6(11)16-1-5(2-17-7(12)13,3-18-8(14)20)4-19-9(15)21/h10-15,20-21H,1-4H2. The molecule has 0 aliphatic carbocycles. The van der Waals surface area contributed by atoms with Gasteiger partial charge >= 0.3 is 0 Å². The Labute approximate surface area is 129 Å². The van der Waals surface area contributed by atoms with Crippen LogP contribution in [0, 0.1) is 5.41 Å². The van der Waals surface area contributed by atoms with E-state index in [1.54, 1.807) is 0 Å². The zero-order valence-electron chi connectivity index (χ0n) is 10.3. The molecule has 0 aromatic rings. The molecular weight excluding hydrogens is 340 g/mol. The van der Waals surface area contributed by atoms with Crippen LogP contribution in [0.15, 0.2) is 0 Å². The molecule has 14 nitrogen and oxygen atoms in total. The molecule has 0 saturated carbocycles. The van der Waals surface area contributed by atoms with Gasteiger partial charge in [0.25, 0.3) is 0 Å². The SMILES string of the molecule is ON(O)OCC(CON(O)O)(CON(O)S)CON(O)S. The van der Waals surface area contributed by atoms with Gasteiger partial charge in [0.1, 0.15) is 0 Å². The molecule has 0 unspecified atom stereocenters. The summed E-state index contributed by atoms with van der Waals surface area (Å²) in [4.78, 5) is 18.0. The smallest absolute Gasteiger partial charge is 0.0861 e. The lowest BCUT2D eigenvalue weighted by Gasteiger charge is -2.32. The van der Waals surface area contributed by atoms with Crippen LogP contribution in [-0.2, 0) is 19.4 Å². The van der Waals surface area contributed by atoms with Crippen molar-refractivity contribution in [1.82, 2.24) is 20.0 Å². The van der Waals surface area contributed by atoms with Gasteiger partial charge in [0.15, 0.2) is 0 Å². The van der Waals surface area contributed by atoms with Crippen molar-refractivity contribution in [3.05, 3.63) is 0 Å². The van der Waals surface area contributed by atoms with Gasteiger partial charge in [-0.2, -0.15) is 0 Å². The highest BCUT2D eigenvalue weighted by Gasteiger charge is 2.36. The highest BCUT2D eigenvalue weighted by atomic mass is 32.1.